The van der Waals surface area contributed by atoms with Crippen LogP contribution in [0.2, 0.25) is 0 Å². The molecule has 2 aliphatic rings. The maximum atomic E-state index is 11.5. The van der Waals surface area contributed by atoms with Crippen molar-refractivity contribution in [3.8, 4) is 5.75 Å². The van der Waals surface area contributed by atoms with Crippen LogP contribution in [0.3, 0.4) is 0 Å². The van der Waals surface area contributed by atoms with Gasteiger partial charge in [-0.2, -0.15) is 0 Å². The van der Waals surface area contributed by atoms with Gasteiger partial charge in [0.15, 0.2) is 6.54 Å². The normalized spacial score (nSPS) is 24.6. The van der Waals surface area contributed by atoms with Crippen molar-refractivity contribution in [2.45, 2.75) is 31.9 Å². The van der Waals surface area contributed by atoms with E-state index in [1.54, 1.807) is 7.11 Å². The molecular weight excluding hydrogens is 296 g/mol. The maximum Gasteiger partial charge on any atom is 0.311 e. The van der Waals surface area contributed by atoms with E-state index in [0.717, 1.165) is 43.0 Å². The first-order chi connectivity index (χ1) is 10.7. The van der Waals surface area contributed by atoms with E-state index in [9.17, 15) is 5.11 Å². The van der Waals surface area contributed by atoms with Gasteiger partial charge >= 0.3 is 5.17 Å². The lowest BCUT2D eigenvalue weighted by Gasteiger charge is -2.28. The number of ether oxygens (including phenoxy) is 1. The lowest BCUT2D eigenvalue weighted by atomic mass is 10.0. The SMILES string of the molecule is CCCCN1C2=[N+](CCCS2)C[C@@]1(O)c1ccc(OC)cc1. The van der Waals surface area contributed by atoms with Crippen LogP contribution in [-0.2, 0) is 5.72 Å². The molecule has 0 saturated heterocycles. The minimum Gasteiger partial charge on any atom is -0.497 e. The van der Waals surface area contributed by atoms with E-state index >= 15 is 0 Å². The summed E-state index contributed by atoms with van der Waals surface area (Å²) in [5.41, 5.74) is 0.0283. The van der Waals surface area contributed by atoms with Crippen molar-refractivity contribution in [3.63, 3.8) is 0 Å². The molecule has 1 atom stereocenters. The number of aliphatic hydroxyl groups is 1. The zero-order chi connectivity index (χ0) is 15.6. The van der Waals surface area contributed by atoms with Crippen molar-refractivity contribution in [3.05, 3.63) is 29.8 Å². The van der Waals surface area contributed by atoms with Crippen LogP contribution < -0.4 is 4.74 Å². The average Bonchev–Trinajstić information content (AvgIpc) is 2.85. The van der Waals surface area contributed by atoms with Gasteiger partial charge in [-0.15, -0.1) is 0 Å². The van der Waals surface area contributed by atoms with Gasteiger partial charge in [-0.1, -0.05) is 13.3 Å². The number of hydrogen-bond acceptors (Lipinski definition) is 4. The minimum atomic E-state index is -0.923. The Morgan fingerprint density at radius 2 is 2.14 bits per heavy atom. The Hall–Kier alpha value is -1.20. The quantitative estimate of drug-likeness (QED) is 0.845. The van der Waals surface area contributed by atoms with Crippen LogP contribution >= 0.6 is 11.8 Å². The Balaban J connectivity index is 1.92. The highest BCUT2D eigenvalue weighted by Gasteiger charge is 2.53. The molecule has 22 heavy (non-hydrogen) atoms. The summed E-state index contributed by atoms with van der Waals surface area (Å²) in [6.07, 6.45) is 3.41. The molecule has 4 nitrogen and oxygen atoms in total. The second-order valence-corrected chi connectivity index (χ2v) is 7.02. The molecule has 1 aromatic rings. The van der Waals surface area contributed by atoms with E-state index < -0.39 is 5.72 Å². The van der Waals surface area contributed by atoms with E-state index in [1.807, 2.05) is 36.0 Å². The minimum absolute atomic E-state index is 0.658. The third-order valence-corrected chi connectivity index (χ3v) is 5.68. The topological polar surface area (TPSA) is 35.7 Å². The summed E-state index contributed by atoms with van der Waals surface area (Å²) >= 11 is 1.88. The van der Waals surface area contributed by atoms with Crippen molar-refractivity contribution in [1.82, 2.24) is 4.90 Å². The number of nitrogens with zero attached hydrogens (tertiary/aromatic N) is 2. The summed E-state index contributed by atoms with van der Waals surface area (Å²) in [6, 6.07) is 7.84. The van der Waals surface area contributed by atoms with Gasteiger partial charge in [0.1, 0.15) is 5.75 Å². The maximum absolute atomic E-state index is 11.5. The standard InChI is InChI=1S/C17H25N2O2S/c1-3-4-11-19-16-18(10-5-12-22-16)13-17(19,20)14-6-8-15(21-2)9-7-14/h6-9,20H,3-5,10-13H2,1-2H3/q+1/t17-/m1/s1. The van der Waals surface area contributed by atoms with Crippen LogP contribution in [0.4, 0.5) is 0 Å². The van der Waals surface area contributed by atoms with Crippen molar-refractivity contribution in [2.75, 3.05) is 32.5 Å². The zero-order valence-electron chi connectivity index (χ0n) is 13.4. The first-order valence-corrected chi connectivity index (χ1v) is 9.07. The van der Waals surface area contributed by atoms with Gasteiger partial charge in [0.25, 0.3) is 5.72 Å². The lowest BCUT2D eigenvalue weighted by Crippen LogP contribution is -2.46. The molecule has 0 aliphatic carbocycles. The van der Waals surface area contributed by atoms with E-state index in [4.69, 9.17) is 4.74 Å². The summed E-state index contributed by atoms with van der Waals surface area (Å²) in [6.45, 7) is 4.80. The molecule has 120 valence electrons. The van der Waals surface area contributed by atoms with Crippen LogP contribution in [0.5, 0.6) is 5.75 Å². The van der Waals surface area contributed by atoms with Gasteiger partial charge in [-0.3, -0.25) is 0 Å². The fraction of sp³-hybridized carbons (Fsp3) is 0.588. The fourth-order valence-electron chi connectivity index (χ4n) is 3.21. The monoisotopic (exact) mass is 321 g/mol. The van der Waals surface area contributed by atoms with E-state index in [0.29, 0.717) is 6.54 Å². The molecule has 0 saturated carbocycles. The van der Waals surface area contributed by atoms with Crippen molar-refractivity contribution in [1.29, 1.82) is 0 Å². The summed E-state index contributed by atoms with van der Waals surface area (Å²) in [4.78, 5) is 2.21. The second-order valence-electron chi connectivity index (χ2n) is 5.96. The van der Waals surface area contributed by atoms with Crippen molar-refractivity contribution >= 4 is 16.9 Å². The summed E-state index contributed by atoms with van der Waals surface area (Å²) in [5.74, 6) is 1.97. The number of hydrogen-bond donors (Lipinski definition) is 1. The number of benzene rings is 1. The molecule has 0 spiro atoms. The number of amidine groups is 1. The number of methoxy groups -OCH3 is 1. The Morgan fingerprint density at radius 3 is 2.82 bits per heavy atom. The highest BCUT2D eigenvalue weighted by atomic mass is 32.2. The molecule has 0 radical (unpaired) electrons. The molecular formula is C17H25N2O2S+. The zero-order valence-corrected chi connectivity index (χ0v) is 14.2. The van der Waals surface area contributed by atoms with Crippen LogP contribution in [-0.4, -0.2) is 52.2 Å². The fourth-order valence-corrected chi connectivity index (χ4v) is 4.41. The van der Waals surface area contributed by atoms with E-state index in [1.165, 1.54) is 11.6 Å². The molecule has 2 heterocycles. The highest BCUT2D eigenvalue weighted by Crippen LogP contribution is 2.36. The van der Waals surface area contributed by atoms with Gasteiger partial charge in [-0.05, 0) is 48.9 Å². The largest absolute Gasteiger partial charge is 0.497 e. The third-order valence-electron chi connectivity index (χ3n) is 4.45. The van der Waals surface area contributed by atoms with E-state index in [2.05, 4.69) is 16.4 Å². The molecule has 1 aromatic carbocycles. The summed E-state index contributed by atoms with van der Waals surface area (Å²) in [5, 5.41) is 12.7. The van der Waals surface area contributed by atoms with Crippen molar-refractivity contribution in [2.24, 2.45) is 0 Å². The van der Waals surface area contributed by atoms with Crippen LogP contribution in [0.15, 0.2) is 24.3 Å². The number of rotatable bonds is 5. The molecule has 5 heteroatoms. The number of thioether (sulfide) groups is 1. The van der Waals surface area contributed by atoms with Gasteiger partial charge in [-0.25, -0.2) is 9.48 Å². The Bertz CT molecular complexity index is 558. The Morgan fingerprint density at radius 1 is 1.36 bits per heavy atom. The molecule has 0 aromatic heterocycles. The predicted octanol–water partition coefficient (Wildman–Crippen LogP) is 2.46. The first kappa shape index (κ1) is 15.7. The van der Waals surface area contributed by atoms with E-state index in [-0.39, 0.29) is 0 Å². The van der Waals surface area contributed by atoms with Gasteiger partial charge in [0.2, 0.25) is 0 Å². The predicted molar refractivity (Wildman–Crippen MR) is 90.6 cm³/mol. The van der Waals surface area contributed by atoms with Crippen LogP contribution in [0.25, 0.3) is 0 Å². The Kier molecular flexibility index (Phi) is 4.64. The molecule has 1 N–H and O–H groups in total. The smallest absolute Gasteiger partial charge is 0.311 e. The third kappa shape index (κ3) is 2.72. The molecule has 2 aliphatic heterocycles. The Labute approximate surface area is 136 Å². The van der Waals surface area contributed by atoms with Crippen LogP contribution in [0.1, 0.15) is 31.7 Å². The van der Waals surface area contributed by atoms with Crippen molar-refractivity contribution < 1.29 is 14.4 Å². The van der Waals surface area contributed by atoms with Gasteiger partial charge in [0, 0.05) is 11.3 Å². The molecule has 0 amide bonds. The number of unbranched alkanes of at least 4 members (excludes halogenated alkanes) is 1. The molecule has 0 bridgehead atoms. The van der Waals surface area contributed by atoms with Gasteiger partial charge < -0.3 is 9.84 Å². The highest BCUT2D eigenvalue weighted by molar-refractivity contribution is 8.13. The lowest BCUT2D eigenvalue weighted by molar-refractivity contribution is -0.532. The summed E-state index contributed by atoms with van der Waals surface area (Å²) in [7, 11) is 1.67. The van der Waals surface area contributed by atoms with Gasteiger partial charge in [0.05, 0.1) is 20.2 Å². The average molecular weight is 321 g/mol. The first-order valence-electron chi connectivity index (χ1n) is 8.08. The summed E-state index contributed by atoms with van der Waals surface area (Å²) < 4.78 is 7.58. The molecule has 0 fully saturated rings. The molecule has 0 unspecified atom stereocenters. The van der Waals surface area contributed by atoms with Crippen LogP contribution in [0, 0.1) is 0 Å². The molecule has 3 rings (SSSR count). The second kappa shape index (κ2) is 6.50.